The van der Waals surface area contributed by atoms with Gasteiger partial charge in [-0.2, -0.15) is 0 Å². The topological polar surface area (TPSA) is 24.5 Å². The first-order valence-electron chi connectivity index (χ1n) is 6.09. The molecule has 0 saturated carbocycles. The Bertz CT molecular complexity index is 380. The molecule has 3 nitrogen and oxygen atoms in total. The van der Waals surface area contributed by atoms with Gasteiger partial charge in [0.25, 0.3) is 0 Å². The van der Waals surface area contributed by atoms with Crippen LogP contribution in [0.25, 0.3) is 0 Å². The van der Waals surface area contributed by atoms with Crippen molar-refractivity contribution < 1.29 is 13.5 Å². The maximum Gasteiger partial charge on any atom is 0.126 e. The largest absolute Gasteiger partial charge is 0.374 e. The molecule has 1 saturated heterocycles. The summed E-state index contributed by atoms with van der Waals surface area (Å²) in [6.07, 6.45) is 0.141. The van der Waals surface area contributed by atoms with Crippen molar-refractivity contribution in [3.05, 3.63) is 35.4 Å². The predicted octanol–water partition coefficient (Wildman–Crippen LogP) is 1.38. The third-order valence-corrected chi connectivity index (χ3v) is 2.97. The van der Waals surface area contributed by atoms with Gasteiger partial charge >= 0.3 is 0 Å². The standard InChI is InChI=1S/C13H18F2N2O/c1-17-2-3-18-13(9-17)8-16-7-10-4-11(14)6-12(15)5-10/h4-6,13,16H,2-3,7-9H2,1H3. The van der Waals surface area contributed by atoms with E-state index in [1.807, 2.05) is 0 Å². The van der Waals surface area contributed by atoms with E-state index in [-0.39, 0.29) is 6.10 Å². The summed E-state index contributed by atoms with van der Waals surface area (Å²) >= 11 is 0. The molecule has 0 amide bonds. The van der Waals surface area contributed by atoms with Crippen LogP contribution in [0.15, 0.2) is 18.2 Å². The minimum atomic E-state index is -0.541. The predicted molar refractivity (Wildman–Crippen MR) is 65.3 cm³/mol. The lowest BCUT2D eigenvalue weighted by atomic mass is 10.2. The number of hydrogen-bond donors (Lipinski definition) is 1. The van der Waals surface area contributed by atoms with E-state index in [4.69, 9.17) is 4.74 Å². The van der Waals surface area contributed by atoms with Crippen molar-refractivity contribution in [2.75, 3.05) is 33.3 Å². The molecule has 1 aromatic carbocycles. The lowest BCUT2D eigenvalue weighted by Crippen LogP contribution is -2.44. The first-order valence-corrected chi connectivity index (χ1v) is 6.09. The van der Waals surface area contributed by atoms with Crippen molar-refractivity contribution in [3.63, 3.8) is 0 Å². The zero-order valence-electron chi connectivity index (χ0n) is 10.5. The van der Waals surface area contributed by atoms with E-state index in [2.05, 4.69) is 17.3 Å². The Balaban J connectivity index is 1.77. The van der Waals surface area contributed by atoms with Crippen molar-refractivity contribution in [1.82, 2.24) is 10.2 Å². The molecule has 1 fully saturated rings. The van der Waals surface area contributed by atoms with Gasteiger partial charge in [-0.1, -0.05) is 0 Å². The average molecular weight is 256 g/mol. The maximum atomic E-state index is 13.0. The van der Waals surface area contributed by atoms with Gasteiger partial charge in [-0.25, -0.2) is 8.78 Å². The summed E-state index contributed by atoms with van der Waals surface area (Å²) in [5, 5.41) is 3.16. The van der Waals surface area contributed by atoms with Crippen LogP contribution in [-0.4, -0.2) is 44.3 Å². The Kier molecular flexibility index (Phi) is 4.63. The number of morpholine rings is 1. The number of rotatable bonds is 4. The number of ether oxygens (including phenoxy) is 1. The zero-order chi connectivity index (χ0) is 13.0. The molecular weight excluding hydrogens is 238 g/mol. The molecule has 100 valence electrons. The minimum absolute atomic E-state index is 0.141. The second kappa shape index (κ2) is 6.22. The summed E-state index contributed by atoms with van der Waals surface area (Å²) in [6.45, 7) is 3.69. The Labute approximate surface area is 106 Å². The van der Waals surface area contributed by atoms with Gasteiger partial charge in [0.1, 0.15) is 11.6 Å². The number of benzene rings is 1. The second-order valence-electron chi connectivity index (χ2n) is 4.66. The van der Waals surface area contributed by atoms with E-state index in [0.29, 0.717) is 18.7 Å². The smallest absolute Gasteiger partial charge is 0.126 e. The van der Waals surface area contributed by atoms with E-state index in [0.717, 1.165) is 25.8 Å². The van der Waals surface area contributed by atoms with Gasteiger partial charge in [-0.15, -0.1) is 0 Å². The quantitative estimate of drug-likeness (QED) is 0.881. The van der Waals surface area contributed by atoms with E-state index >= 15 is 0 Å². The first-order chi connectivity index (χ1) is 8.63. The van der Waals surface area contributed by atoms with Crippen LogP contribution in [0.3, 0.4) is 0 Å². The summed E-state index contributed by atoms with van der Waals surface area (Å²) in [7, 11) is 2.05. The molecule has 1 aliphatic rings. The van der Waals surface area contributed by atoms with Crippen molar-refractivity contribution in [2.45, 2.75) is 12.6 Å². The van der Waals surface area contributed by atoms with E-state index < -0.39 is 11.6 Å². The molecule has 2 rings (SSSR count). The highest BCUT2D eigenvalue weighted by Crippen LogP contribution is 2.08. The second-order valence-corrected chi connectivity index (χ2v) is 4.66. The molecule has 5 heteroatoms. The van der Waals surface area contributed by atoms with Gasteiger partial charge in [0, 0.05) is 32.2 Å². The van der Waals surface area contributed by atoms with Gasteiger partial charge in [-0.3, -0.25) is 0 Å². The van der Waals surface area contributed by atoms with Crippen molar-refractivity contribution in [3.8, 4) is 0 Å². The zero-order valence-corrected chi connectivity index (χ0v) is 10.5. The molecule has 0 bridgehead atoms. The Morgan fingerprint density at radius 2 is 2.06 bits per heavy atom. The Morgan fingerprint density at radius 3 is 2.72 bits per heavy atom. The number of hydrogen-bond acceptors (Lipinski definition) is 3. The van der Waals surface area contributed by atoms with Crippen LogP contribution < -0.4 is 5.32 Å². The van der Waals surface area contributed by atoms with Gasteiger partial charge in [0.05, 0.1) is 12.7 Å². The van der Waals surface area contributed by atoms with Crippen LogP contribution in [-0.2, 0) is 11.3 Å². The molecule has 18 heavy (non-hydrogen) atoms. The van der Waals surface area contributed by atoms with Gasteiger partial charge in [-0.05, 0) is 24.7 Å². The fraction of sp³-hybridized carbons (Fsp3) is 0.538. The number of nitrogens with one attached hydrogen (secondary N) is 1. The Hall–Kier alpha value is -1.04. The lowest BCUT2D eigenvalue weighted by Gasteiger charge is -2.30. The third-order valence-electron chi connectivity index (χ3n) is 2.97. The summed E-state index contributed by atoms with van der Waals surface area (Å²) in [4.78, 5) is 2.21. The maximum absolute atomic E-state index is 13.0. The SMILES string of the molecule is CN1CCOC(CNCc2cc(F)cc(F)c2)C1. The van der Waals surface area contributed by atoms with E-state index in [9.17, 15) is 8.78 Å². The normalized spacial score (nSPS) is 21.2. The van der Waals surface area contributed by atoms with Crippen LogP contribution >= 0.6 is 0 Å². The van der Waals surface area contributed by atoms with Gasteiger partial charge < -0.3 is 15.0 Å². The third kappa shape index (κ3) is 4.01. The number of nitrogens with zero attached hydrogens (tertiary/aromatic N) is 1. The molecule has 1 N–H and O–H groups in total. The lowest BCUT2D eigenvalue weighted by molar-refractivity contribution is -0.0182. The Morgan fingerprint density at radius 1 is 1.33 bits per heavy atom. The minimum Gasteiger partial charge on any atom is -0.374 e. The molecule has 0 radical (unpaired) electrons. The molecule has 1 unspecified atom stereocenters. The van der Waals surface area contributed by atoms with E-state index in [1.165, 1.54) is 12.1 Å². The van der Waals surface area contributed by atoms with Crippen LogP contribution in [0.5, 0.6) is 0 Å². The van der Waals surface area contributed by atoms with E-state index in [1.54, 1.807) is 0 Å². The average Bonchev–Trinajstić information content (AvgIpc) is 2.27. The van der Waals surface area contributed by atoms with Gasteiger partial charge in [0.15, 0.2) is 0 Å². The highest BCUT2D eigenvalue weighted by molar-refractivity contribution is 5.17. The van der Waals surface area contributed by atoms with Crippen LogP contribution in [0.2, 0.25) is 0 Å². The van der Waals surface area contributed by atoms with Crippen LogP contribution in [0, 0.1) is 11.6 Å². The molecule has 1 atom stereocenters. The monoisotopic (exact) mass is 256 g/mol. The van der Waals surface area contributed by atoms with Crippen molar-refractivity contribution in [1.29, 1.82) is 0 Å². The van der Waals surface area contributed by atoms with Crippen molar-refractivity contribution in [2.24, 2.45) is 0 Å². The fourth-order valence-electron chi connectivity index (χ4n) is 2.08. The molecule has 0 spiro atoms. The van der Waals surface area contributed by atoms with Crippen molar-refractivity contribution >= 4 is 0 Å². The molecule has 1 aromatic rings. The summed E-state index contributed by atoms with van der Waals surface area (Å²) in [5.74, 6) is -1.08. The van der Waals surface area contributed by atoms with Gasteiger partial charge in [0.2, 0.25) is 0 Å². The fourth-order valence-corrected chi connectivity index (χ4v) is 2.08. The summed E-state index contributed by atoms with van der Waals surface area (Å²) in [6, 6.07) is 3.55. The summed E-state index contributed by atoms with van der Waals surface area (Å²) in [5.41, 5.74) is 0.608. The molecule has 0 aromatic heterocycles. The van der Waals surface area contributed by atoms with Crippen LogP contribution in [0.1, 0.15) is 5.56 Å². The molecule has 1 heterocycles. The number of halogens is 2. The highest BCUT2D eigenvalue weighted by atomic mass is 19.1. The van der Waals surface area contributed by atoms with Crippen LogP contribution in [0.4, 0.5) is 8.78 Å². The molecular formula is C13H18F2N2O. The highest BCUT2D eigenvalue weighted by Gasteiger charge is 2.16. The molecule has 1 aliphatic heterocycles. The first kappa shape index (κ1) is 13.4. The number of likely N-dealkylation sites (N-methyl/N-ethyl adjacent to an activating group) is 1. The summed E-state index contributed by atoms with van der Waals surface area (Å²) < 4.78 is 31.5. The molecule has 0 aliphatic carbocycles.